The Morgan fingerprint density at radius 2 is 2.06 bits per heavy atom. The van der Waals surface area contributed by atoms with Crippen LogP contribution in [-0.2, 0) is 7.05 Å². The summed E-state index contributed by atoms with van der Waals surface area (Å²) in [5.74, 6) is 1.55. The summed E-state index contributed by atoms with van der Waals surface area (Å²) in [5, 5.41) is 9.11. The number of nitrogens with zero attached hydrogens (tertiary/aromatic N) is 3. The van der Waals surface area contributed by atoms with Crippen LogP contribution in [0.5, 0.6) is 5.75 Å². The van der Waals surface area contributed by atoms with Crippen molar-refractivity contribution in [1.29, 1.82) is 5.26 Å². The maximum absolute atomic E-state index is 9.11. The molecule has 0 aliphatic rings. The van der Waals surface area contributed by atoms with Crippen molar-refractivity contribution in [2.45, 2.75) is 6.92 Å². The van der Waals surface area contributed by atoms with E-state index in [9.17, 15) is 0 Å². The van der Waals surface area contributed by atoms with E-state index in [1.165, 1.54) is 0 Å². The number of ether oxygens (including phenoxy) is 1. The first-order valence-electron chi connectivity index (χ1n) is 5.25. The topological polar surface area (TPSA) is 50.8 Å². The number of methoxy groups -OCH3 is 1. The molecule has 1 aromatic heterocycles. The van der Waals surface area contributed by atoms with E-state index < -0.39 is 0 Å². The highest BCUT2D eigenvalue weighted by molar-refractivity contribution is 5.72. The molecule has 0 aliphatic carbocycles. The quantitative estimate of drug-likeness (QED) is 0.790. The SMILES string of the molecule is COc1ccccc1-c1c(C#N)nc(C)n1C. The molecule has 17 heavy (non-hydrogen) atoms. The Bertz CT molecular complexity index is 593. The van der Waals surface area contributed by atoms with Crippen LogP contribution in [-0.4, -0.2) is 16.7 Å². The first-order chi connectivity index (χ1) is 8.19. The van der Waals surface area contributed by atoms with Crippen molar-refractivity contribution >= 4 is 0 Å². The number of imidazole rings is 1. The fourth-order valence-corrected chi connectivity index (χ4v) is 1.84. The molecule has 1 aromatic carbocycles. The molecule has 0 unspecified atom stereocenters. The molecule has 2 rings (SSSR count). The standard InChI is InChI=1S/C13H13N3O/c1-9-15-11(8-14)13(16(9)2)10-6-4-5-7-12(10)17-3/h4-7H,1-3H3. The zero-order valence-electron chi connectivity index (χ0n) is 10.1. The number of hydrogen-bond acceptors (Lipinski definition) is 3. The zero-order chi connectivity index (χ0) is 12.4. The summed E-state index contributed by atoms with van der Waals surface area (Å²) in [6, 6.07) is 9.74. The van der Waals surface area contributed by atoms with E-state index >= 15 is 0 Å². The Kier molecular flexibility index (Phi) is 2.84. The van der Waals surface area contributed by atoms with Crippen molar-refractivity contribution in [2.75, 3.05) is 7.11 Å². The molecule has 4 nitrogen and oxygen atoms in total. The van der Waals surface area contributed by atoms with Crippen molar-refractivity contribution in [3.8, 4) is 23.1 Å². The molecule has 0 N–H and O–H groups in total. The van der Waals surface area contributed by atoms with Gasteiger partial charge >= 0.3 is 0 Å². The molecule has 0 fully saturated rings. The van der Waals surface area contributed by atoms with Crippen LogP contribution in [0.1, 0.15) is 11.5 Å². The molecular formula is C13H13N3O. The first kappa shape index (κ1) is 11.2. The van der Waals surface area contributed by atoms with Crippen LogP contribution in [0, 0.1) is 18.3 Å². The molecule has 0 radical (unpaired) electrons. The van der Waals surface area contributed by atoms with Crippen LogP contribution in [0.2, 0.25) is 0 Å². The van der Waals surface area contributed by atoms with Crippen LogP contribution < -0.4 is 4.74 Å². The lowest BCUT2D eigenvalue weighted by Crippen LogP contribution is -1.97. The summed E-state index contributed by atoms with van der Waals surface area (Å²) in [6.45, 7) is 1.87. The highest BCUT2D eigenvalue weighted by Gasteiger charge is 2.16. The van der Waals surface area contributed by atoms with Gasteiger partial charge in [0.15, 0.2) is 5.69 Å². The summed E-state index contributed by atoms with van der Waals surface area (Å²) in [6.07, 6.45) is 0. The van der Waals surface area contributed by atoms with Crippen molar-refractivity contribution in [1.82, 2.24) is 9.55 Å². The number of aryl methyl sites for hydroxylation is 1. The number of aromatic nitrogens is 2. The van der Waals surface area contributed by atoms with Crippen molar-refractivity contribution < 1.29 is 4.74 Å². The molecule has 0 spiro atoms. The lowest BCUT2D eigenvalue weighted by Gasteiger charge is -2.09. The van der Waals surface area contributed by atoms with E-state index in [2.05, 4.69) is 11.1 Å². The van der Waals surface area contributed by atoms with E-state index in [-0.39, 0.29) is 0 Å². The summed E-state index contributed by atoms with van der Waals surface area (Å²) in [7, 11) is 3.51. The minimum atomic E-state index is 0.425. The lowest BCUT2D eigenvalue weighted by molar-refractivity contribution is 0.416. The summed E-state index contributed by atoms with van der Waals surface area (Å²) >= 11 is 0. The maximum atomic E-state index is 9.11. The maximum Gasteiger partial charge on any atom is 0.166 e. The van der Waals surface area contributed by atoms with Crippen LogP contribution in [0.15, 0.2) is 24.3 Å². The monoisotopic (exact) mass is 227 g/mol. The van der Waals surface area contributed by atoms with Gasteiger partial charge < -0.3 is 9.30 Å². The fourth-order valence-electron chi connectivity index (χ4n) is 1.84. The Morgan fingerprint density at radius 1 is 1.35 bits per heavy atom. The second-order valence-corrected chi connectivity index (χ2v) is 3.73. The van der Waals surface area contributed by atoms with Crippen LogP contribution in [0.4, 0.5) is 0 Å². The van der Waals surface area contributed by atoms with Gasteiger partial charge in [0, 0.05) is 12.6 Å². The number of benzene rings is 1. The fraction of sp³-hybridized carbons (Fsp3) is 0.231. The number of para-hydroxylation sites is 1. The minimum absolute atomic E-state index is 0.425. The highest BCUT2D eigenvalue weighted by atomic mass is 16.5. The molecule has 0 amide bonds. The second-order valence-electron chi connectivity index (χ2n) is 3.73. The van der Waals surface area contributed by atoms with Crippen molar-refractivity contribution in [3.05, 3.63) is 35.8 Å². The largest absolute Gasteiger partial charge is 0.496 e. The minimum Gasteiger partial charge on any atom is -0.496 e. The van der Waals surface area contributed by atoms with E-state index in [0.29, 0.717) is 5.69 Å². The van der Waals surface area contributed by atoms with Crippen molar-refractivity contribution in [3.63, 3.8) is 0 Å². The van der Waals surface area contributed by atoms with E-state index in [1.54, 1.807) is 7.11 Å². The molecule has 0 aliphatic heterocycles. The van der Waals surface area contributed by atoms with E-state index in [0.717, 1.165) is 22.8 Å². The third kappa shape index (κ3) is 1.76. The normalized spacial score (nSPS) is 10.0. The van der Waals surface area contributed by atoms with Gasteiger partial charge in [-0.25, -0.2) is 4.98 Å². The predicted octanol–water partition coefficient (Wildman–Crippen LogP) is 2.28. The van der Waals surface area contributed by atoms with Crippen LogP contribution in [0.25, 0.3) is 11.3 Å². The lowest BCUT2D eigenvalue weighted by atomic mass is 10.1. The molecular weight excluding hydrogens is 214 g/mol. The third-order valence-corrected chi connectivity index (χ3v) is 2.79. The molecule has 1 heterocycles. The molecule has 0 saturated heterocycles. The Morgan fingerprint density at radius 3 is 2.71 bits per heavy atom. The van der Waals surface area contributed by atoms with Crippen molar-refractivity contribution in [2.24, 2.45) is 7.05 Å². The predicted molar refractivity (Wildman–Crippen MR) is 64.6 cm³/mol. The number of rotatable bonds is 2. The summed E-state index contributed by atoms with van der Waals surface area (Å²) < 4.78 is 7.21. The molecule has 86 valence electrons. The Hall–Kier alpha value is -2.28. The third-order valence-electron chi connectivity index (χ3n) is 2.79. The Labute approximate surface area is 100 Å². The summed E-state index contributed by atoms with van der Waals surface area (Å²) in [5.41, 5.74) is 2.10. The van der Waals surface area contributed by atoms with Gasteiger partial charge in [-0.1, -0.05) is 12.1 Å². The molecule has 0 atom stereocenters. The second kappa shape index (κ2) is 4.30. The average molecular weight is 227 g/mol. The smallest absolute Gasteiger partial charge is 0.166 e. The van der Waals surface area contributed by atoms with Crippen LogP contribution in [0.3, 0.4) is 0 Å². The number of hydrogen-bond donors (Lipinski definition) is 0. The average Bonchev–Trinajstić information content (AvgIpc) is 2.65. The van der Waals surface area contributed by atoms with Gasteiger partial charge in [0.2, 0.25) is 0 Å². The van der Waals surface area contributed by atoms with Crippen LogP contribution >= 0.6 is 0 Å². The van der Waals surface area contributed by atoms with Gasteiger partial charge in [-0.05, 0) is 19.1 Å². The zero-order valence-corrected chi connectivity index (χ0v) is 10.1. The van der Waals surface area contributed by atoms with E-state index in [1.807, 2.05) is 42.8 Å². The first-order valence-corrected chi connectivity index (χ1v) is 5.25. The molecule has 0 bridgehead atoms. The van der Waals surface area contributed by atoms with Gasteiger partial charge in [-0.2, -0.15) is 5.26 Å². The molecule has 2 aromatic rings. The summed E-state index contributed by atoms with van der Waals surface area (Å²) in [4.78, 5) is 4.23. The molecule has 0 saturated carbocycles. The van der Waals surface area contributed by atoms with E-state index in [4.69, 9.17) is 10.00 Å². The highest BCUT2D eigenvalue weighted by Crippen LogP contribution is 2.31. The Balaban J connectivity index is 2.73. The number of nitriles is 1. The van der Waals surface area contributed by atoms with Gasteiger partial charge in [0.05, 0.1) is 12.8 Å². The molecule has 4 heteroatoms. The van der Waals surface area contributed by atoms with Gasteiger partial charge in [0.1, 0.15) is 17.6 Å². The van der Waals surface area contributed by atoms with Gasteiger partial charge in [-0.3, -0.25) is 0 Å². The van der Waals surface area contributed by atoms with Gasteiger partial charge in [0.25, 0.3) is 0 Å². The van der Waals surface area contributed by atoms with Gasteiger partial charge in [-0.15, -0.1) is 0 Å².